The standard InChI is InChI=1S/C14H19NO4S/c1-10-6-11(2)8-13(7-10)20(18,19)15-5-3-4-12(9-15)14(16)17/h6-8,12H,3-5,9H2,1-2H3,(H,16,17). The minimum absolute atomic E-state index is 0.0602. The summed E-state index contributed by atoms with van der Waals surface area (Å²) in [4.78, 5) is 11.3. The number of carboxylic acids is 1. The van der Waals surface area contributed by atoms with Crippen molar-refractivity contribution in [2.75, 3.05) is 13.1 Å². The molecule has 0 spiro atoms. The van der Waals surface area contributed by atoms with Gasteiger partial charge in [-0.25, -0.2) is 8.42 Å². The first-order valence-electron chi connectivity index (χ1n) is 6.62. The first kappa shape index (κ1) is 15.0. The molecule has 5 nitrogen and oxygen atoms in total. The van der Waals surface area contributed by atoms with Gasteiger partial charge >= 0.3 is 5.97 Å². The van der Waals surface area contributed by atoms with Crippen LogP contribution in [0.4, 0.5) is 0 Å². The van der Waals surface area contributed by atoms with Crippen molar-refractivity contribution in [1.82, 2.24) is 4.31 Å². The highest BCUT2D eigenvalue weighted by molar-refractivity contribution is 7.89. The molecule has 2 rings (SSSR count). The molecule has 1 N–H and O–H groups in total. The predicted molar refractivity (Wildman–Crippen MR) is 75.0 cm³/mol. The average Bonchev–Trinajstić information content (AvgIpc) is 2.37. The van der Waals surface area contributed by atoms with Gasteiger partial charge in [-0.1, -0.05) is 6.07 Å². The van der Waals surface area contributed by atoms with E-state index in [1.54, 1.807) is 12.1 Å². The molecule has 1 aromatic rings. The van der Waals surface area contributed by atoms with E-state index < -0.39 is 21.9 Å². The molecule has 110 valence electrons. The molecule has 0 amide bonds. The number of piperidine rings is 1. The van der Waals surface area contributed by atoms with E-state index in [0.717, 1.165) is 11.1 Å². The predicted octanol–water partition coefficient (Wildman–Crippen LogP) is 1.79. The SMILES string of the molecule is Cc1cc(C)cc(S(=O)(=O)N2CCCC(C(=O)O)C2)c1. The van der Waals surface area contributed by atoms with Gasteiger partial charge in [-0.3, -0.25) is 4.79 Å². The summed E-state index contributed by atoms with van der Waals surface area (Å²) in [5.41, 5.74) is 1.77. The molecule has 1 fully saturated rings. The summed E-state index contributed by atoms with van der Waals surface area (Å²) in [5, 5.41) is 9.06. The first-order valence-corrected chi connectivity index (χ1v) is 8.06. The average molecular weight is 297 g/mol. The molecule has 6 heteroatoms. The van der Waals surface area contributed by atoms with Crippen LogP contribution >= 0.6 is 0 Å². The molecule has 1 unspecified atom stereocenters. The number of carboxylic acid groups (broad SMARTS) is 1. The van der Waals surface area contributed by atoms with E-state index in [4.69, 9.17) is 5.11 Å². The smallest absolute Gasteiger partial charge is 0.307 e. The van der Waals surface area contributed by atoms with Gasteiger partial charge in [0.1, 0.15) is 0 Å². The number of hydrogen-bond acceptors (Lipinski definition) is 3. The summed E-state index contributed by atoms with van der Waals surface area (Å²) >= 11 is 0. The summed E-state index contributed by atoms with van der Waals surface area (Å²) in [7, 11) is -3.60. The molecule has 1 saturated heterocycles. The highest BCUT2D eigenvalue weighted by Gasteiger charge is 2.33. The van der Waals surface area contributed by atoms with Crippen molar-refractivity contribution in [3.05, 3.63) is 29.3 Å². The van der Waals surface area contributed by atoms with Crippen LogP contribution in [0.5, 0.6) is 0 Å². The number of hydrogen-bond donors (Lipinski definition) is 1. The normalized spacial score (nSPS) is 20.8. The van der Waals surface area contributed by atoms with Gasteiger partial charge in [0.15, 0.2) is 0 Å². The van der Waals surface area contributed by atoms with Crippen molar-refractivity contribution >= 4 is 16.0 Å². The Hall–Kier alpha value is -1.40. The van der Waals surface area contributed by atoms with Crippen LogP contribution < -0.4 is 0 Å². The summed E-state index contributed by atoms with van der Waals surface area (Å²) < 4.78 is 26.5. The minimum Gasteiger partial charge on any atom is -0.481 e. The van der Waals surface area contributed by atoms with E-state index in [1.165, 1.54) is 4.31 Å². The molecule has 20 heavy (non-hydrogen) atoms. The van der Waals surface area contributed by atoms with Crippen LogP contribution in [-0.4, -0.2) is 36.9 Å². The van der Waals surface area contributed by atoms with E-state index in [2.05, 4.69) is 0 Å². The van der Waals surface area contributed by atoms with Crippen molar-refractivity contribution in [2.45, 2.75) is 31.6 Å². The highest BCUT2D eigenvalue weighted by Crippen LogP contribution is 2.25. The lowest BCUT2D eigenvalue weighted by molar-refractivity contribution is -0.142. The lowest BCUT2D eigenvalue weighted by Crippen LogP contribution is -2.42. The van der Waals surface area contributed by atoms with E-state index >= 15 is 0 Å². The molecule has 1 aromatic carbocycles. The van der Waals surface area contributed by atoms with Gasteiger partial charge in [-0.2, -0.15) is 4.31 Å². The third kappa shape index (κ3) is 3.02. The zero-order chi connectivity index (χ0) is 14.9. The molecule has 1 atom stereocenters. The molecule has 1 heterocycles. The maximum absolute atomic E-state index is 12.6. The number of aliphatic carboxylic acids is 1. The molecule has 1 aliphatic heterocycles. The fourth-order valence-electron chi connectivity index (χ4n) is 2.59. The van der Waals surface area contributed by atoms with Crippen LogP contribution in [0.15, 0.2) is 23.1 Å². The zero-order valence-corrected chi connectivity index (χ0v) is 12.5. The van der Waals surface area contributed by atoms with E-state index in [1.807, 2.05) is 19.9 Å². The second kappa shape index (κ2) is 5.54. The van der Waals surface area contributed by atoms with E-state index in [9.17, 15) is 13.2 Å². The Bertz CT molecular complexity index is 604. The molecular formula is C14H19NO4S. The summed E-state index contributed by atoms with van der Waals surface area (Å²) in [6.07, 6.45) is 1.12. The zero-order valence-electron chi connectivity index (χ0n) is 11.7. The monoisotopic (exact) mass is 297 g/mol. The van der Waals surface area contributed by atoms with E-state index in [-0.39, 0.29) is 11.4 Å². The van der Waals surface area contributed by atoms with Crippen molar-refractivity contribution in [3.8, 4) is 0 Å². The van der Waals surface area contributed by atoms with Gasteiger partial charge in [0.25, 0.3) is 0 Å². The van der Waals surface area contributed by atoms with Crippen molar-refractivity contribution in [2.24, 2.45) is 5.92 Å². The molecule has 0 radical (unpaired) electrons. The second-order valence-electron chi connectivity index (χ2n) is 5.36. The van der Waals surface area contributed by atoms with Crippen LogP contribution in [0.3, 0.4) is 0 Å². The van der Waals surface area contributed by atoms with Crippen LogP contribution in [-0.2, 0) is 14.8 Å². The second-order valence-corrected chi connectivity index (χ2v) is 7.30. The van der Waals surface area contributed by atoms with Crippen molar-refractivity contribution < 1.29 is 18.3 Å². The Balaban J connectivity index is 2.32. The molecule has 1 aliphatic rings. The Kier molecular flexibility index (Phi) is 4.15. The Labute approximate surface area is 119 Å². The molecule has 0 bridgehead atoms. The number of rotatable bonds is 3. The van der Waals surface area contributed by atoms with Gasteiger partial charge in [-0.05, 0) is 49.9 Å². The Morgan fingerprint density at radius 1 is 1.25 bits per heavy atom. The fraction of sp³-hybridized carbons (Fsp3) is 0.500. The molecular weight excluding hydrogens is 278 g/mol. The van der Waals surface area contributed by atoms with Gasteiger partial charge in [0.2, 0.25) is 10.0 Å². The Morgan fingerprint density at radius 2 is 1.85 bits per heavy atom. The molecule has 0 saturated carbocycles. The summed E-state index contributed by atoms with van der Waals surface area (Å²) in [5.74, 6) is -1.53. The number of benzene rings is 1. The van der Waals surface area contributed by atoms with Crippen LogP contribution in [0.25, 0.3) is 0 Å². The summed E-state index contributed by atoms with van der Waals surface area (Å²) in [6.45, 7) is 4.15. The van der Waals surface area contributed by atoms with Crippen molar-refractivity contribution in [1.29, 1.82) is 0 Å². The number of nitrogens with zero attached hydrogens (tertiary/aromatic N) is 1. The number of sulfonamides is 1. The van der Waals surface area contributed by atoms with Crippen molar-refractivity contribution in [3.63, 3.8) is 0 Å². The van der Waals surface area contributed by atoms with Crippen LogP contribution in [0, 0.1) is 19.8 Å². The number of carbonyl (C=O) groups is 1. The van der Waals surface area contributed by atoms with Gasteiger partial charge < -0.3 is 5.11 Å². The van der Waals surface area contributed by atoms with Gasteiger partial charge in [0.05, 0.1) is 10.8 Å². The van der Waals surface area contributed by atoms with Gasteiger partial charge in [0, 0.05) is 13.1 Å². The lowest BCUT2D eigenvalue weighted by atomic mass is 10.0. The molecule has 0 aromatic heterocycles. The Morgan fingerprint density at radius 3 is 2.40 bits per heavy atom. The largest absolute Gasteiger partial charge is 0.481 e. The minimum atomic E-state index is -3.60. The van der Waals surface area contributed by atoms with Crippen LogP contribution in [0.1, 0.15) is 24.0 Å². The topological polar surface area (TPSA) is 74.7 Å². The fourth-order valence-corrected chi connectivity index (χ4v) is 4.31. The van der Waals surface area contributed by atoms with Gasteiger partial charge in [-0.15, -0.1) is 0 Å². The number of aryl methyl sites for hydroxylation is 2. The lowest BCUT2D eigenvalue weighted by Gasteiger charge is -2.30. The molecule has 0 aliphatic carbocycles. The first-order chi connectivity index (χ1) is 9.30. The summed E-state index contributed by atoms with van der Waals surface area (Å²) in [6, 6.07) is 5.18. The van der Waals surface area contributed by atoms with E-state index in [0.29, 0.717) is 19.4 Å². The maximum Gasteiger partial charge on any atom is 0.307 e. The van der Waals surface area contributed by atoms with Crippen LogP contribution in [0.2, 0.25) is 0 Å². The quantitative estimate of drug-likeness (QED) is 0.923. The third-order valence-corrected chi connectivity index (χ3v) is 5.41. The third-order valence-electron chi connectivity index (χ3n) is 3.57. The maximum atomic E-state index is 12.6. The highest BCUT2D eigenvalue weighted by atomic mass is 32.2.